The third-order valence-corrected chi connectivity index (χ3v) is 9.24. The van der Waals surface area contributed by atoms with E-state index in [1.54, 1.807) is 6.92 Å². The van der Waals surface area contributed by atoms with Gasteiger partial charge in [0, 0.05) is 24.7 Å². The van der Waals surface area contributed by atoms with E-state index in [0.29, 0.717) is 29.9 Å². The Balaban J connectivity index is 1.06. The normalized spacial score (nSPS) is 16.1. The number of benzene rings is 3. The van der Waals surface area contributed by atoms with Crippen molar-refractivity contribution in [3.8, 4) is 22.4 Å². The van der Waals surface area contributed by atoms with Crippen LogP contribution in [0.1, 0.15) is 59.3 Å². The minimum atomic E-state index is -4.50. The van der Waals surface area contributed by atoms with Gasteiger partial charge in [-0.3, -0.25) is 9.59 Å². The molecule has 4 aromatic rings. The van der Waals surface area contributed by atoms with E-state index in [2.05, 4.69) is 20.7 Å². The van der Waals surface area contributed by atoms with Crippen LogP contribution in [0.15, 0.2) is 83.4 Å². The van der Waals surface area contributed by atoms with Crippen LogP contribution in [0.5, 0.6) is 0 Å². The lowest BCUT2D eigenvalue weighted by Crippen LogP contribution is -2.47. The number of hydrogen-bond donors (Lipinski definition) is 2. The Kier molecular flexibility index (Phi) is 8.99. The van der Waals surface area contributed by atoms with Crippen LogP contribution < -0.4 is 10.6 Å². The van der Waals surface area contributed by atoms with Gasteiger partial charge in [0.1, 0.15) is 29.0 Å². The van der Waals surface area contributed by atoms with Crippen molar-refractivity contribution in [1.82, 2.24) is 20.7 Å². The number of aryl methyl sites for hydroxylation is 1. The van der Waals surface area contributed by atoms with Gasteiger partial charge in [-0.25, -0.2) is 0 Å². The molecule has 0 atom stereocenters. The van der Waals surface area contributed by atoms with Crippen molar-refractivity contribution in [2.45, 2.75) is 56.7 Å². The predicted molar refractivity (Wildman–Crippen MR) is 169 cm³/mol. The van der Waals surface area contributed by atoms with E-state index in [-0.39, 0.29) is 11.9 Å². The number of amides is 2. The van der Waals surface area contributed by atoms with E-state index in [9.17, 15) is 22.8 Å². The van der Waals surface area contributed by atoms with Gasteiger partial charge in [0.2, 0.25) is 5.91 Å². The SMILES string of the molecule is Cc1onc(-c2ccccc2)c1C(=O)NC1CCN(CCCCC2(C(=O)NCC(F)(F)F)c3ccccc3-c3ccccc32)CC1. The first-order valence-electron chi connectivity index (χ1n) is 15.8. The van der Waals surface area contributed by atoms with E-state index in [4.69, 9.17) is 4.52 Å². The van der Waals surface area contributed by atoms with Gasteiger partial charge in [-0.15, -0.1) is 0 Å². The summed E-state index contributed by atoms with van der Waals surface area (Å²) in [5.74, 6) is -0.328. The molecule has 2 aliphatic rings. The molecule has 1 aromatic heterocycles. The van der Waals surface area contributed by atoms with Crippen LogP contribution in [-0.2, 0) is 10.2 Å². The Morgan fingerprint density at radius 3 is 2.15 bits per heavy atom. The van der Waals surface area contributed by atoms with Crippen molar-refractivity contribution in [1.29, 1.82) is 0 Å². The molecular weight excluding hydrogens is 593 g/mol. The lowest BCUT2D eigenvalue weighted by Gasteiger charge is -2.33. The molecule has 1 aliphatic heterocycles. The number of alkyl halides is 3. The smallest absolute Gasteiger partial charge is 0.360 e. The molecule has 2 amide bonds. The van der Waals surface area contributed by atoms with Crippen LogP contribution in [0.25, 0.3) is 22.4 Å². The van der Waals surface area contributed by atoms with Crippen LogP contribution in [0.3, 0.4) is 0 Å². The third-order valence-electron chi connectivity index (χ3n) is 9.24. The number of likely N-dealkylation sites (tertiary alicyclic amines) is 1. The van der Waals surface area contributed by atoms with E-state index < -0.39 is 24.0 Å². The van der Waals surface area contributed by atoms with Gasteiger partial charge >= 0.3 is 6.18 Å². The third kappa shape index (κ3) is 6.31. The molecule has 1 fully saturated rings. The Morgan fingerprint density at radius 1 is 0.913 bits per heavy atom. The Morgan fingerprint density at radius 2 is 1.52 bits per heavy atom. The lowest BCUT2D eigenvalue weighted by molar-refractivity contribution is -0.141. The number of rotatable bonds is 10. The van der Waals surface area contributed by atoms with Gasteiger partial charge in [0.15, 0.2) is 0 Å². The number of unbranched alkanes of at least 4 members (excludes halogenated alkanes) is 1. The van der Waals surface area contributed by atoms with E-state index in [1.165, 1.54) is 0 Å². The number of piperidine rings is 1. The number of nitrogens with one attached hydrogen (secondary N) is 2. The second-order valence-electron chi connectivity index (χ2n) is 12.2. The molecule has 0 bridgehead atoms. The zero-order chi connectivity index (χ0) is 32.3. The second-order valence-corrected chi connectivity index (χ2v) is 12.2. The van der Waals surface area contributed by atoms with Gasteiger partial charge in [-0.2, -0.15) is 13.2 Å². The first kappa shape index (κ1) is 31.5. The molecule has 1 saturated heterocycles. The van der Waals surface area contributed by atoms with Crippen LogP contribution in [-0.4, -0.2) is 60.3 Å². The molecule has 2 N–H and O–H groups in total. The summed E-state index contributed by atoms with van der Waals surface area (Å²) in [5, 5.41) is 9.50. The molecule has 1 aliphatic carbocycles. The molecule has 10 heteroatoms. The van der Waals surface area contributed by atoms with E-state index >= 15 is 0 Å². The Labute approximate surface area is 266 Å². The summed E-state index contributed by atoms with van der Waals surface area (Å²) in [6, 6.07) is 24.6. The van der Waals surface area contributed by atoms with Crippen LogP contribution in [0, 0.1) is 6.92 Å². The molecule has 0 saturated carbocycles. The summed E-state index contributed by atoms with van der Waals surface area (Å²) in [5.41, 5.74) is 3.92. The largest absolute Gasteiger partial charge is 0.405 e. The summed E-state index contributed by atoms with van der Waals surface area (Å²) >= 11 is 0. The van der Waals surface area contributed by atoms with Gasteiger partial charge in [0.25, 0.3) is 5.91 Å². The number of halogens is 3. The summed E-state index contributed by atoms with van der Waals surface area (Å²) < 4.78 is 44.8. The van der Waals surface area contributed by atoms with Crippen LogP contribution in [0.4, 0.5) is 13.2 Å². The average Bonchev–Trinajstić information content (AvgIpc) is 3.59. The molecule has 240 valence electrons. The van der Waals surface area contributed by atoms with Gasteiger partial charge < -0.3 is 20.1 Å². The minimum absolute atomic E-state index is 0.0220. The highest BCUT2D eigenvalue weighted by molar-refractivity contribution is 6.01. The van der Waals surface area contributed by atoms with Crippen LogP contribution >= 0.6 is 0 Å². The van der Waals surface area contributed by atoms with Crippen molar-refractivity contribution in [2.75, 3.05) is 26.2 Å². The number of carbonyl (C=O) groups is 2. The fourth-order valence-corrected chi connectivity index (χ4v) is 7.00. The molecule has 2 heterocycles. The summed E-state index contributed by atoms with van der Waals surface area (Å²) in [4.78, 5) is 29.3. The van der Waals surface area contributed by atoms with Crippen molar-refractivity contribution in [3.63, 3.8) is 0 Å². The van der Waals surface area contributed by atoms with Crippen molar-refractivity contribution >= 4 is 11.8 Å². The maximum absolute atomic E-state index is 13.7. The van der Waals surface area contributed by atoms with Gasteiger partial charge in [0.05, 0.1) is 0 Å². The Bertz CT molecular complexity index is 1650. The van der Waals surface area contributed by atoms with Gasteiger partial charge in [-0.1, -0.05) is 90.4 Å². The maximum Gasteiger partial charge on any atom is 0.405 e. The van der Waals surface area contributed by atoms with Gasteiger partial charge in [-0.05, 0) is 61.4 Å². The number of hydrogen-bond acceptors (Lipinski definition) is 5. The second kappa shape index (κ2) is 13.1. The summed E-state index contributed by atoms with van der Waals surface area (Å²) in [7, 11) is 0. The molecule has 0 unspecified atom stereocenters. The van der Waals surface area contributed by atoms with Crippen molar-refractivity contribution < 1.29 is 27.3 Å². The molecular formula is C36H37F3N4O3. The lowest BCUT2D eigenvalue weighted by atomic mass is 9.73. The molecule has 7 nitrogen and oxygen atoms in total. The van der Waals surface area contributed by atoms with E-state index in [0.717, 1.165) is 66.7 Å². The average molecular weight is 631 g/mol. The molecule has 0 spiro atoms. The minimum Gasteiger partial charge on any atom is -0.360 e. The first-order chi connectivity index (χ1) is 22.2. The fraction of sp³-hybridized carbons (Fsp3) is 0.361. The molecule has 46 heavy (non-hydrogen) atoms. The molecule has 0 radical (unpaired) electrons. The molecule has 3 aromatic carbocycles. The molecule has 6 rings (SSSR count). The number of aromatic nitrogens is 1. The fourth-order valence-electron chi connectivity index (χ4n) is 7.00. The quantitative estimate of drug-likeness (QED) is 0.192. The monoisotopic (exact) mass is 630 g/mol. The van der Waals surface area contributed by atoms with Crippen LogP contribution in [0.2, 0.25) is 0 Å². The highest BCUT2D eigenvalue weighted by Crippen LogP contribution is 2.51. The first-order valence-corrected chi connectivity index (χ1v) is 15.8. The predicted octanol–water partition coefficient (Wildman–Crippen LogP) is 6.66. The summed E-state index contributed by atoms with van der Waals surface area (Å²) in [6.07, 6.45) is -1.07. The highest BCUT2D eigenvalue weighted by atomic mass is 19.4. The van der Waals surface area contributed by atoms with Crippen molar-refractivity contribution in [3.05, 3.63) is 101 Å². The number of nitrogens with zero attached hydrogens (tertiary/aromatic N) is 2. The highest BCUT2D eigenvalue weighted by Gasteiger charge is 2.49. The zero-order valence-electron chi connectivity index (χ0n) is 25.7. The topological polar surface area (TPSA) is 87.5 Å². The number of carbonyl (C=O) groups excluding carboxylic acids is 2. The Hall–Kier alpha value is -4.44. The summed E-state index contributed by atoms with van der Waals surface area (Å²) in [6.45, 7) is 2.79. The van der Waals surface area contributed by atoms with E-state index in [1.807, 2.05) is 78.9 Å². The number of fused-ring (bicyclic) bond motifs is 3. The zero-order valence-corrected chi connectivity index (χ0v) is 25.7. The standard InChI is InChI=1S/C36H37F3N4O3/c1-24-31(32(42-46-24)25-11-3-2-4-12-25)33(44)41-26-17-21-43(22-18-26)20-10-9-19-35(34(45)40-23-36(37,38)39)29-15-7-5-13-27(29)28-14-6-8-16-30(28)35/h2-8,11-16,26H,9-10,17-23H2,1H3,(H,40,45)(H,41,44). The van der Waals surface area contributed by atoms with Crippen molar-refractivity contribution in [2.24, 2.45) is 0 Å². The maximum atomic E-state index is 13.7.